The van der Waals surface area contributed by atoms with Gasteiger partial charge < -0.3 is 24.8 Å². The molecule has 0 saturated heterocycles. The summed E-state index contributed by atoms with van der Waals surface area (Å²) in [5.74, 6) is 0.206. The van der Waals surface area contributed by atoms with E-state index in [-0.39, 0.29) is 35.4 Å². The van der Waals surface area contributed by atoms with Gasteiger partial charge in [-0.05, 0) is 44.6 Å². The molecule has 3 rings (SSSR count). The second-order valence-electron chi connectivity index (χ2n) is 7.81. The van der Waals surface area contributed by atoms with Crippen LogP contribution in [0.15, 0.2) is 42.5 Å². The van der Waals surface area contributed by atoms with Crippen molar-refractivity contribution in [3.05, 3.63) is 53.6 Å². The number of carbonyl (C=O) groups excluding carboxylic acids is 1. The third-order valence-electron chi connectivity index (χ3n) is 5.80. The molecule has 0 aliphatic heterocycles. The van der Waals surface area contributed by atoms with Gasteiger partial charge in [0.2, 0.25) is 5.75 Å². The normalized spacial score (nSPS) is 14.8. The van der Waals surface area contributed by atoms with E-state index in [1.807, 2.05) is 30.3 Å². The molecule has 6 nitrogen and oxygen atoms in total. The molecular formula is C23H31ClN2O4. The number of carbonyl (C=O) groups is 1. The number of halogens is 1. The molecule has 0 bridgehead atoms. The summed E-state index contributed by atoms with van der Waals surface area (Å²) in [7, 11) is 5.61. The van der Waals surface area contributed by atoms with Crippen LogP contribution in [0.1, 0.15) is 41.6 Å². The van der Waals surface area contributed by atoms with Gasteiger partial charge in [-0.15, -0.1) is 12.4 Å². The Labute approximate surface area is 184 Å². The van der Waals surface area contributed by atoms with Crippen LogP contribution in [0.4, 0.5) is 0 Å². The first kappa shape index (κ1) is 23.8. The van der Waals surface area contributed by atoms with Crippen LogP contribution in [0, 0.1) is 0 Å². The maximum Gasteiger partial charge on any atom is 0.251 e. The Morgan fingerprint density at radius 3 is 2.43 bits per heavy atom. The average Bonchev–Trinajstić information content (AvgIpc) is 3.22. The Balaban J connectivity index is 0.00000320. The molecular weight excluding hydrogens is 404 g/mol. The molecule has 1 saturated carbocycles. The molecule has 30 heavy (non-hydrogen) atoms. The van der Waals surface area contributed by atoms with Crippen molar-refractivity contribution < 1.29 is 19.4 Å². The van der Waals surface area contributed by atoms with E-state index in [1.165, 1.54) is 26.0 Å². The minimum absolute atomic E-state index is 0. The number of likely N-dealkylation sites (N-methyl/N-ethyl adjacent to an activating group) is 1. The van der Waals surface area contributed by atoms with Crippen LogP contribution in [0.25, 0.3) is 0 Å². The van der Waals surface area contributed by atoms with Crippen molar-refractivity contribution in [3.63, 3.8) is 0 Å². The number of phenolic OH excluding ortho intramolecular Hbond substituents is 1. The maximum absolute atomic E-state index is 12.7. The highest BCUT2D eigenvalue weighted by molar-refractivity contribution is 5.95. The number of benzene rings is 2. The van der Waals surface area contributed by atoms with Crippen LogP contribution < -0.4 is 14.8 Å². The van der Waals surface area contributed by atoms with Crippen molar-refractivity contribution in [2.45, 2.75) is 37.8 Å². The Hall–Kier alpha value is -2.44. The lowest BCUT2D eigenvalue weighted by molar-refractivity contribution is 0.0899. The van der Waals surface area contributed by atoms with E-state index in [4.69, 9.17) is 9.47 Å². The predicted molar refractivity (Wildman–Crippen MR) is 120 cm³/mol. The number of amides is 1. The summed E-state index contributed by atoms with van der Waals surface area (Å²) in [4.78, 5) is 14.9. The molecule has 2 aromatic rings. The molecule has 0 radical (unpaired) electrons. The minimum atomic E-state index is -0.235. The summed E-state index contributed by atoms with van der Waals surface area (Å²) in [6, 6.07) is 12.7. The van der Waals surface area contributed by atoms with Crippen molar-refractivity contribution in [2.24, 2.45) is 0 Å². The zero-order chi connectivity index (χ0) is 20.9. The summed E-state index contributed by atoms with van der Waals surface area (Å²) in [6.07, 6.45) is 4.49. The SMILES string of the molecule is COc1cc(C(=O)NCC2(N(C)C)CCCC2)cc(O)c1OCc1ccccc1.Cl. The third kappa shape index (κ3) is 5.37. The van der Waals surface area contributed by atoms with Crippen molar-refractivity contribution in [1.82, 2.24) is 10.2 Å². The van der Waals surface area contributed by atoms with Crippen LogP contribution >= 0.6 is 12.4 Å². The van der Waals surface area contributed by atoms with Gasteiger partial charge in [-0.3, -0.25) is 4.79 Å². The number of rotatable bonds is 8. The first-order valence-electron chi connectivity index (χ1n) is 9.98. The van der Waals surface area contributed by atoms with Crippen molar-refractivity contribution in [2.75, 3.05) is 27.7 Å². The molecule has 0 heterocycles. The number of phenols is 1. The lowest BCUT2D eigenvalue weighted by atomic mass is 9.96. The number of hydrogen-bond donors (Lipinski definition) is 2. The fourth-order valence-corrected chi connectivity index (χ4v) is 3.91. The Bertz CT molecular complexity index is 837. The first-order valence-corrected chi connectivity index (χ1v) is 9.98. The molecule has 164 valence electrons. The Morgan fingerprint density at radius 1 is 1.17 bits per heavy atom. The number of aromatic hydroxyl groups is 1. The number of hydrogen-bond acceptors (Lipinski definition) is 5. The topological polar surface area (TPSA) is 71.0 Å². The molecule has 1 aliphatic rings. The van der Waals surface area contributed by atoms with Gasteiger partial charge in [0.25, 0.3) is 5.91 Å². The standard InChI is InChI=1S/C23H30N2O4.ClH/c1-25(2)23(11-7-8-12-23)16-24-22(27)18-13-19(26)21(20(14-18)28-3)29-15-17-9-5-4-6-10-17;/h4-6,9-10,13-14,26H,7-8,11-12,15-16H2,1-3H3,(H,24,27);1H. The first-order chi connectivity index (χ1) is 13.9. The smallest absolute Gasteiger partial charge is 0.251 e. The highest BCUT2D eigenvalue weighted by Crippen LogP contribution is 2.38. The molecule has 2 N–H and O–H groups in total. The van der Waals surface area contributed by atoms with Crippen LogP contribution in [0.5, 0.6) is 17.2 Å². The lowest BCUT2D eigenvalue weighted by Gasteiger charge is -2.36. The number of nitrogens with one attached hydrogen (secondary N) is 1. The lowest BCUT2D eigenvalue weighted by Crippen LogP contribution is -2.50. The zero-order valence-electron chi connectivity index (χ0n) is 17.8. The van der Waals surface area contributed by atoms with E-state index in [0.29, 0.717) is 24.5 Å². The van der Waals surface area contributed by atoms with Gasteiger partial charge in [-0.2, -0.15) is 0 Å². The third-order valence-corrected chi connectivity index (χ3v) is 5.80. The van der Waals surface area contributed by atoms with Crippen molar-refractivity contribution in [1.29, 1.82) is 0 Å². The summed E-state index contributed by atoms with van der Waals surface area (Å²) in [6.45, 7) is 0.871. The van der Waals surface area contributed by atoms with Crippen LogP contribution in [0.2, 0.25) is 0 Å². The van der Waals surface area contributed by atoms with Gasteiger partial charge >= 0.3 is 0 Å². The quantitative estimate of drug-likeness (QED) is 0.657. The average molecular weight is 435 g/mol. The predicted octanol–water partition coefficient (Wildman–Crippen LogP) is 4.01. The van der Waals surface area contributed by atoms with E-state index in [9.17, 15) is 9.90 Å². The summed E-state index contributed by atoms with van der Waals surface area (Å²) >= 11 is 0. The molecule has 1 aliphatic carbocycles. The highest BCUT2D eigenvalue weighted by atomic mass is 35.5. The van der Waals surface area contributed by atoms with Crippen molar-refractivity contribution in [3.8, 4) is 17.2 Å². The fourth-order valence-electron chi connectivity index (χ4n) is 3.91. The van der Waals surface area contributed by atoms with Crippen LogP contribution in [-0.4, -0.2) is 49.2 Å². The van der Waals surface area contributed by atoms with Gasteiger partial charge in [-0.1, -0.05) is 43.2 Å². The Morgan fingerprint density at radius 2 is 1.83 bits per heavy atom. The number of methoxy groups -OCH3 is 1. The van der Waals surface area contributed by atoms with E-state index in [0.717, 1.165) is 18.4 Å². The summed E-state index contributed by atoms with van der Waals surface area (Å²) < 4.78 is 11.1. The molecule has 0 spiro atoms. The van der Waals surface area contributed by atoms with E-state index >= 15 is 0 Å². The molecule has 7 heteroatoms. The van der Waals surface area contributed by atoms with Gasteiger partial charge in [0.15, 0.2) is 11.5 Å². The zero-order valence-corrected chi connectivity index (χ0v) is 18.6. The van der Waals surface area contributed by atoms with Crippen LogP contribution in [-0.2, 0) is 6.61 Å². The second kappa shape index (κ2) is 10.5. The maximum atomic E-state index is 12.7. The second-order valence-corrected chi connectivity index (χ2v) is 7.81. The minimum Gasteiger partial charge on any atom is -0.504 e. The molecule has 1 fully saturated rings. The van der Waals surface area contributed by atoms with Gasteiger partial charge in [0, 0.05) is 17.6 Å². The van der Waals surface area contributed by atoms with Gasteiger partial charge in [0.1, 0.15) is 6.61 Å². The molecule has 0 unspecified atom stereocenters. The molecule has 0 atom stereocenters. The molecule has 1 amide bonds. The number of nitrogens with zero attached hydrogens (tertiary/aromatic N) is 1. The fraction of sp³-hybridized carbons (Fsp3) is 0.435. The largest absolute Gasteiger partial charge is 0.504 e. The van der Waals surface area contributed by atoms with Gasteiger partial charge in [-0.25, -0.2) is 0 Å². The van der Waals surface area contributed by atoms with Crippen molar-refractivity contribution >= 4 is 18.3 Å². The summed E-state index contributed by atoms with van der Waals surface area (Å²) in [5.41, 5.74) is 1.32. The molecule has 2 aromatic carbocycles. The van der Waals surface area contributed by atoms with Crippen LogP contribution in [0.3, 0.4) is 0 Å². The van der Waals surface area contributed by atoms with E-state index in [2.05, 4.69) is 24.3 Å². The van der Waals surface area contributed by atoms with Gasteiger partial charge in [0.05, 0.1) is 7.11 Å². The number of ether oxygens (including phenoxy) is 2. The Kier molecular flexibility index (Phi) is 8.38. The van der Waals surface area contributed by atoms with E-state index in [1.54, 1.807) is 6.07 Å². The highest BCUT2D eigenvalue weighted by Gasteiger charge is 2.36. The van der Waals surface area contributed by atoms with E-state index < -0.39 is 0 Å². The molecule has 0 aromatic heterocycles. The summed E-state index contributed by atoms with van der Waals surface area (Å²) in [5, 5.41) is 13.5. The monoisotopic (exact) mass is 434 g/mol.